The van der Waals surface area contributed by atoms with E-state index in [0.717, 1.165) is 0 Å². The van der Waals surface area contributed by atoms with Crippen LogP contribution in [0.25, 0.3) is 0 Å². The van der Waals surface area contributed by atoms with Crippen molar-refractivity contribution in [2.45, 2.75) is 25.7 Å². The van der Waals surface area contributed by atoms with Crippen LogP contribution in [0, 0.1) is 5.41 Å². The Labute approximate surface area is 121 Å². The van der Waals surface area contributed by atoms with E-state index < -0.39 is 17.4 Å². The zero-order chi connectivity index (χ0) is 8.48. The first-order valence-electron chi connectivity index (χ1n) is 3.52. The zero-order valence-electron chi connectivity index (χ0n) is 7.96. The minimum Gasteiger partial charge on any atom is -0.549 e. The molecule has 1 aliphatic rings. The molecule has 0 radical (unpaired) electrons. The van der Waals surface area contributed by atoms with Gasteiger partial charge in [0.2, 0.25) is 0 Å². The summed E-state index contributed by atoms with van der Waals surface area (Å²) in [4.78, 5) is 20.9. The van der Waals surface area contributed by atoms with Crippen LogP contribution in [0.3, 0.4) is 0 Å². The van der Waals surface area contributed by atoms with E-state index in [2.05, 4.69) is 0 Å². The topological polar surface area (TPSA) is 80.3 Å². The fraction of sp³-hybridized carbons (Fsp3) is 0.714. The molecule has 0 amide bonds. The van der Waals surface area contributed by atoms with Crippen molar-refractivity contribution >= 4 is 11.9 Å². The van der Waals surface area contributed by atoms with Crippen LogP contribution in [0.1, 0.15) is 25.7 Å². The quantitative estimate of drug-likeness (QED) is 0.329. The molecule has 1 saturated carbocycles. The number of rotatable bonds is 2. The third-order valence-electron chi connectivity index (χ3n) is 2.24. The third kappa shape index (κ3) is 3.22. The van der Waals surface area contributed by atoms with Crippen LogP contribution in [0.5, 0.6) is 0 Å². The van der Waals surface area contributed by atoms with Gasteiger partial charge in [-0.1, -0.05) is 12.8 Å². The van der Waals surface area contributed by atoms with Gasteiger partial charge < -0.3 is 19.8 Å². The first kappa shape index (κ1) is 16.4. The molecule has 0 heterocycles. The summed E-state index contributed by atoms with van der Waals surface area (Å²) in [6, 6.07) is 0. The molecule has 0 aromatic carbocycles. The van der Waals surface area contributed by atoms with E-state index in [9.17, 15) is 19.8 Å². The van der Waals surface area contributed by atoms with Crippen molar-refractivity contribution in [3.63, 3.8) is 0 Å². The van der Waals surface area contributed by atoms with Crippen LogP contribution in [-0.2, 0) is 9.59 Å². The summed E-state index contributed by atoms with van der Waals surface area (Å²) in [5.41, 5.74) is -1.69. The van der Waals surface area contributed by atoms with E-state index in [0.29, 0.717) is 12.8 Å². The largest absolute Gasteiger partial charge is 1.00 e. The Morgan fingerprint density at radius 2 is 1.23 bits per heavy atom. The monoisotopic (exact) mass is 202 g/mol. The van der Waals surface area contributed by atoms with Crippen molar-refractivity contribution in [2.24, 2.45) is 5.41 Å². The molecule has 0 spiro atoms. The summed E-state index contributed by atoms with van der Waals surface area (Å²) in [6.07, 6.45) is 1.55. The molecule has 6 heteroatoms. The molecule has 0 saturated heterocycles. The summed E-state index contributed by atoms with van der Waals surface area (Å²) >= 11 is 0. The van der Waals surface area contributed by atoms with Gasteiger partial charge >= 0.3 is 59.1 Å². The maximum atomic E-state index is 10.4. The fourth-order valence-electron chi connectivity index (χ4n) is 1.47. The van der Waals surface area contributed by atoms with Crippen molar-refractivity contribution < 1.29 is 78.9 Å². The smallest absolute Gasteiger partial charge is 0.549 e. The van der Waals surface area contributed by atoms with Gasteiger partial charge in [0.05, 0.1) is 11.9 Å². The van der Waals surface area contributed by atoms with Crippen molar-refractivity contribution in [3.8, 4) is 0 Å². The summed E-state index contributed by atoms with van der Waals surface area (Å²) in [5, 5.41) is 20.9. The Kier molecular flexibility index (Phi) is 8.10. The van der Waals surface area contributed by atoms with Gasteiger partial charge in [0, 0.05) is 5.41 Å². The van der Waals surface area contributed by atoms with Crippen LogP contribution in [-0.4, -0.2) is 11.9 Å². The molecule has 0 bridgehead atoms. The Hall–Kier alpha value is 0.940. The molecular formula is C7H8Na2O4. The molecule has 0 aliphatic heterocycles. The average molecular weight is 202 g/mol. The van der Waals surface area contributed by atoms with Crippen molar-refractivity contribution in [1.29, 1.82) is 0 Å². The maximum Gasteiger partial charge on any atom is 1.00 e. The van der Waals surface area contributed by atoms with E-state index in [-0.39, 0.29) is 72.0 Å². The summed E-state index contributed by atoms with van der Waals surface area (Å²) < 4.78 is 0. The summed E-state index contributed by atoms with van der Waals surface area (Å²) in [5.74, 6) is -3.01. The predicted octanol–water partition coefficient (Wildman–Crippen LogP) is -7.95. The van der Waals surface area contributed by atoms with Crippen LogP contribution in [0.15, 0.2) is 0 Å². The number of carboxylic acid groups (broad SMARTS) is 2. The molecule has 0 atom stereocenters. The first-order valence-corrected chi connectivity index (χ1v) is 3.52. The second-order valence-electron chi connectivity index (χ2n) is 2.86. The van der Waals surface area contributed by atoms with Crippen LogP contribution in [0.2, 0.25) is 0 Å². The number of carbonyl (C=O) groups excluding carboxylic acids is 2. The van der Waals surface area contributed by atoms with E-state index in [1.54, 1.807) is 0 Å². The Bertz CT molecular complexity index is 183. The molecule has 1 aliphatic carbocycles. The standard InChI is InChI=1S/C7H10O4.2Na/c8-5(9)7(6(10)11)3-1-2-4-7;;/h1-4H2,(H,8,9)(H,10,11);;/q;2*+1/p-2. The van der Waals surface area contributed by atoms with Gasteiger partial charge in [-0.2, -0.15) is 0 Å². The van der Waals surface area contributed by atoms with E-state index >= 15 is 0 Å². The molecule has 1 rings (SSSR count). The number of hydrogen-bond acceptors (Lipinski definition) is 4. The van der Waals surface area contributed by atoms with Gasteiger partial charge in [-0.15, -0.1) is 0 Å². The van der Waals surface area contributed by atoms with Gasteiger partial charge in [-0.25, -0.2) is 0 Å². The van der Waals surface area contributed by atoms with Gasteiger partial charge in [-0.3, -0.25) is 0 Å². The SMILES string of the molecule is O=C([O-])C1(C(=O)[O-])CCCC1.[Na+].[Na+]. The molecule has 1 fully saturated rings. The molecule has 0 aromatic heterocycles. The Morgan fingerprint density at radius 3 is 1.38 bits per heavy atom. The third-order valence-corrected chi connectivity index (χ3v) is 2.24. The number of carboxylic acids is 2. The number of aliphatic carboxylic acids is 2. The molecule has 0 unspecified atom stereocenters. The van der Waals surface area contributed by atoms with Crippen molar-refractivity contribution in [1.82, 2.24) is 0 Å². The molecule has 0 N–H and O–H groups in total. The fourth-order valence-corrected chi connectivity index (χ4v) is 1.47. The van der Waals surface area contributed by atoms with E-state index in [1.807, 2.05) is 0 Å². The molecule has 4 nitrogen and oxygen atoms in total. The summed E-state index contributed by atoms with van der Waals surface area (Å²) in [6.45, 7) is 0. The predicted molar refractivity (Wildman–Crippen MR) is 30.9 cm³/mol. The van der Waals surface area contributed by atoms with E-state index in [1.165, 1.54) is 0 Å². The van der Waals surface area contributed by atoms with Crippen LogP contribution < -0.4 is 69.3 Å². The van der Waals surface area contributed by atoms with Gasteiger partial charge in [0.25, 0.3) is 0 Å². The Morgan fingerprint density at radius 1 is 0.923 bits per heavy atom. The van der Waals surface area contributed by atoms with Crippen LogP contribution >= 0.6 is 0 Å². The van der Waals surface area contributed by atoms with Crippen LogP contribution in [0.4, 0.5) is 0 Å². The van der Waals surface area contributed by atoms with Gasteiger partial charge in [-0.05, 0) is 12.8 Å². The summed E-state index contributed by atoms with van der Waals surface area (Å²) in [7, 11) is 0. The number of hydrogen-bond donors (Lipinski definition) is 0. The molecular weight excluding hydrogens is 194 g/mol. The zero-order valence-corrected chi connectivity index (χ0v) is 12.0. The molecule has 62 valence electrons. The molecule has 13 heavy (non-hydrogen) atoms. The minimum absolute atomic E-state index is 0. The maximum absolute atomic E-state index is 10.4. The second-order valence-corrected chi connectivity index (χ2v) is 2.86. The van der Waals surface area contributed by atoms with Gasteiger partial charge in [0.1, 0.15) is 0 Å². The second kappa shape index (κ2) is 6.43. The first-order chi connectivity index (χ1) is 5.09. The normalized spacial score (nSPS) is 18.2. The van der Waals surface area contributed by atoms with Crippen molar-refractivity contribution in [3.05, 3.63) is 0 Å². The number of carbonyl (C=O) groups is 2. The minimum atomic E-state index is -1.69. The van der Waals surface area contributed by atoms with Crippen molar-refractivity contribution in [2.75, 3.05) is 0 Å². The van der Waals surface area contributed by atoms with E-state index in [4.69, 9.17) is 0 Å². The average Bonchev–Trinajstić information content (AvgIpc) is 2.34. The van der Waals surface area contributed by atoms with Gasteiger partial charge in [0.15, 0.2) is 0 Å². The Balaban J connectivity index is 0. The molecule has 0 aromatic rings.